The summed E-state index contributed by atoms with van der Waals surface area (Å²) in [5.41, 5.74) is 2.32. The number of anilines is 1. The molecule has 0 bridgehead atoms. The van der Waals surface area contributed by atoms with Crippen molar-refractivity contribution in [1.29, 1.82) is 0 Å². The lowest BCUT2D eigenvalue weighted by Crippen LogP contribution is -2.22. The molecular formula is C22H18N2O6. The van der Waals surface area contributed by atoms with Gasteiger partial charge in [0, 0.05) is 6.07 Å². The molecule has 152 valence electrons. The number of aromatic hydroxyl groups is 1. The topological polar surface area (TPSA) is 119 Å². The van der Waals surface area contributed by atoms with Crippen LogP contribution in [0.3, 0.4) is 0 Å². The highest BCUT2D eigenvalue weighted by Crippen LogP contribution is 2.27. The molecule has 0 unspecified atom stereocenters. The summed E-state index contributed by atoms with van der Waals surface area (Å²) in [5, 5.41) is 22.9. The van der Waals surface area contributed by atoms with Gasteiger partial charge in [-0.3, -0.25) is 14.9 Å². The quantitative estimate of drug-likeness (QED) is 0.362. The third-order valence-electron chi connectivity index (χ3n) is 4.37. The Hall–Kier alpha value is -4.20. The van der Waals surface area contributed by atoms with Crippen LogP contribution in [-0.2, 0) is 9.53 Å². The molecule has 8 heteroatoms. The fourth-order valence-electron chi connectivity index (χ4n) is 2.81. The number of nitro groups is 1. The Balaban J connectivity index is 1.61. The number of aryl methyl sites for hydroxylation is 1. The van der Waals surface area contributed by atoms with Crippen LogP contribution in [0.15, 0.2) is 66.7 Å². The molecule has 0 aromatic heterocycles. The van der Waals surface area contributed by atoms with E-state index in [0.717, 1.165) is 11.1 Å². The molecule has 0 spiro atoms. The number of benzene rings is 3. The second-order valence-electron chi connectivity index (χ2n) is 6.47. The van der Waals surface area contributed by atoms with Gasteiger partial charge < -0.3 is 15.2 Å². The van der Waals surface area contributed by atoms with Gasteiger partial charge in [-0.15, -0.1) is 0 Å². The molecule has 0 heterocycles. The molecule has 30 heavy (non-hydrogen) atoms. The fraction of sp³-hybridized carbons (Fsp3) is 0.0909. The number of carbonyl (C=O) groups excluding carboxylic acids is 2. The van der Waals surface area contributed by atoms with Crippen LogP contribution in [-0.4, -0.2) is 28.5 Å². The van der Waals surface area contributed by atoms with Crippen molar-refractivity contribution in [2.75, 3.05) is 11.9 Å². The monoisotopic (exact) mass is 406 g/mol. The highest BCUT2D eigenvalue weighted by atomic mass is 16.6. The van der Waals surface area contributed by atoms with Gasteiger partial charge in [-0.2, -0.15) is 0 Å². The van der Waals surface area contributed by atoms with E-state index in [1.807, 2.05) is 0 Å². The lowest BCUT2D eigenvalue weighted by molar-refractivity contribution is -0.384. The van der Waals surface area contributed by atoms with Crippen LogP contribution in [0, 0.1) is 17.0 Å². The van der Waals surface area contributed by atoms with Gasteiger partial charge in [0.2, 0.25) is 0 Å². The predicted molar refractivity (Wildman–Crippen MR) is 110 cm³/mol. The third kappa shape index (κ3) is 4.79. The first kappa shape index (κ1) is 20.5. The molecular weight excluding hydrogens is 388 g/mol. The molecule has 8 nitrogen and oxygen atoms in total. The van der Waals surface area contributed by atoms with Gasteiger partial charge in [-0.25, -0.2) is 4.79 Å². The standard InChI is InChI=1S/C22H18N2O6/c1-14-3-2-4-19(24(28)29)21(14)23-20(26)13-30-22(27)17-7-5-15(6-8-17)16-9-11-18(25)12-10-16/h2-12,25H,13H2,1H3,(H,23,26). The molecule has 0 aliphatic carbocycles. The van der Waals surface area contributed by atoms with Crippen LogP contribution in [0.4, 0.5) is 11.4 Å². The van der Waals surface area contributed by atoms with Crippen LogP contribution >= 0.6 is 0 Å². The van der Waals surface area contributed by atoms with E-state index >= 15 is 0 Å². The summed E-state index contributed by atoms with van der Waals surface area (Å²) in [7, 11) is 0. The predicted octanol–water partition coefficient (Wildman–Crippen LogP) is 4.07. The van der Waals surface area contributed by atoms with Crippen molar-refractivity contribution >= 4 is 23.3 Å². The molecule has 0 radical (unpaired) electrons. The highest BCUT2D eigenvalue weighted by molar-refractivity contribution is 5.97. The van der Waals surface area contributed by atoms with Crippen LogP contribution in [0.1, 0.15) is 15.9 Å². The Morgan fingerprint density at radius 3 is 2.20 bits per heavy atom. The number of hydrogen-bond acceptors (Lipinski definition) is 6. The minimum Gasteiger partial charge on any atom is -0.508 e. The normalized spacial score (nSPS) is 10.3. The fourth-order valence-corrected chi connectivity index (χ4v) is 2.81. The first-order valence-corrected chi connectivity index (χ1v) is 8.95. The molecule has 3 aromatic rings. The van der Waals surface area contributed by atoms with Crippen molar-refractivity contribution < 1.29 is 24.4 Å². The lowest BCUT2D eigenvalue weighted by atomic mass is 10.0. The van der Waals surface area contributed by atoms with Crippen molar-refractivity contribution in [1.82, 2.24) is 0 Å². The summed E-state index contributed by atoms with van der Waals surface area (Å²) in [6, 6.07) is 17.6. The first-order valence-electron chi connectivity index (χ1n) is 8.95. The number of ether oxygens (including phenoxy) is 1. The number of rotatable bonds is 6. The second-order valence-corrected chi connectivity index (χ2v) is 6.47. The zero-order valence-electron chi connectivity index (χ0n) is 16.0. The molecule has 0 fully saturated rings. The van der Waals surface area contributed by atoms with Gasteiger partial charge in [0.25, 0.3) is 11.6 Å². The SMILES string of the molecule is Cc1cccc([N+](=O)[O-])c1NC(=O)COC(=O)c1ccc(-c2ccc(O)cc2)cc1. The van der Waals surface area contributed by atoms with Crippen LogP contribution in [0.25, 0.3) is 11.1 Å². The molecule has 0 saturated carbocycles. The maximum absolute atomic E-state index is 12.2. The average Bonchev–Trinajstić information content (AvgIpc) is 2.74. The lowest BCUT2D eigenvalue weighted by Gasteiger charge is -2.09. The van der Waals surface area contributed by atoms with Crippen LogP contribution in [0.2, 0.25) is 0 Å². The number of nitrogens with zero attached hydrogens (tertiary/aromatic N) is 1. The Morgan fingerprint density at radius 2 is 1.60 bits per heavy atom. The van der Waals surface area contributed by atoms with E-state index in [1.54, 1.807) is 61.5 Å². The number of carbonyl (C=O) groups is 2. The van der Waals surface area contributed by atoms with Crippen molar-refractivity contribution in [3.8, 4) is 16.9 Å². The van der Waals surface area contributed by atoms with E-state index in [2.05, 4.69) is 5.32 Å². The summed E-state index contributed by atoms with van der Waals surface area (Å²) in [4.78, 5) is 34.8. The Kier molecular flexibility index (Phi) is 6.07. The molecule has 0 saturated heterocycles. The maximum Gasteiger partial charge on any atom is 0.338 e. The Labute approximate surface area is 171 Å². The van der Waals surface area contributed by atoms with Crippen LogP contribution < -0.4 is 5.32 Å². The minimum atomic E-state index is -0.693. The molecule has 3 aromatic carbocycles. The smallest absolute Gasteiger partial charge is 0.338 e. The first-order chi connectivity index (χ1) is 14.3. The molecule has 3 rings (SSSR count). The van der Waals surface area contributed by atoms with E-state index in [4.69, 9.17) is 4.74 Å². The van der Waals surface area contributed by atoms with E-state index < -0.39 is 23.4 Å². The van der Waals surface area contributed by atoms with Crippen molar-refractivity contribution in [3.05, 3.63) is 88.0 Å². The van der Waals surface area contributed by atoms with Gasteiger partial charge in [-0.1, -0.05) is 36.4 Å². The summed E-state index contributed by atoms with van der Waals surface area (Å²) >= 11 is 0. The number of esters is 1. The van der Waals surface area contributed by atoms with Gasteiger partial charge in [-0.05, 0) is 47.9 Å². The molecule has 2 N–H and O–H groups in total. The van der Waals surface area contributed by atoms with E-state index in [1.165, 1.54) is 12.1 Å². The molecule has 0 atom stereocenters. The molecule has 0 aliphatic rings. The van der Waals surface area contributed by atoms with E-state index in [0.29, 0.717) is 5.56 Å². The summed E-state index contributed by atoms with van der Waals surface area (Å²) in [5.74, 6) is -1.21. The van der Waals surface area contributed by atoms with Gasteiger partial charge in [0.1, 0.15) is 11.4 Å². The largest absolute Gasteiger partial charge is 0.508 e. The number of hydrogen-bond donors (Lipinski definition) is 2. The summed E-state index contributed by atoms with van der Waals surface area (Å²) in [6.45, 7) is 1.05. The molecule has 0 aliphatic heterocycles. The molecule has 1 amide bonds. The second kappa shape index (κ2) is 8.87. The number of phenols is 1. The van der Waals surface area contributed by atoms with Gasteiger partial charge in [0.05, 0.1) is 10.5 Å². The van der Waals surface area contributed by atoms with E-state index in [-0.39, 0.29) is 22.7 Å². The summed E-state index contributed by atoms with van der Waals surface area (Å²) in [6.07, 6.45) is 0. The zero-order valence-corrected chi connectivity index (χ0v) is 16.0. The highest BCUT2D eigenvalue weighted by Gasteiger charge is 2.18. The average molecular weight is 406 g/mol. The van der Waals surface area contributed by atoms with Crippen molar-refractivity contribution in [2.24, 2.45) is 0 Å². The van der Waals surface area contributed by atoms with Crippen molar-refractivity contribution in [3.63, 3.8) is 0 Å². The Morgan fingerprint density at radius 1 is 1.00 bits per heavy atom. The van der Waals surface area contributed by atoms with Gasteiger partial charge in [0.15, 0.2) is 6.61 Å². The Bertz CT molecular complexity index is 1090. The minimum absolute atomic E-state index is 0.0711. The number of phenolic OH excluding ortho intramolecular Hbond substituents is 1. The number of para-hydroxylation sites is 1. The van der Waals surface area contributed by atoms with Crippen LogP contribution in [0.5, 0.6) is 5.75 Å². The van der Waals surface area contributed by atoms with E-state index in [9.17, 15) is 24.8 Å². The summed E-state index contributed by atoms with van der Waals surface area (Å²) < 4.78 is 5.01. The third-order valence-corrected chi connectivity index (χ3v) is 4.37. The number of nitro benzene ring substituents is 1. The maximum atomic E-state index is 12.2. The number of nitrogens with one attached hydrogen (secondary N) is 1. The van der Waals surface area contributed by atoms with Crippen molar-refractivity contribution in [2.45, 2.75) is 6.92 Å². The number of amides is 1. The zero-order chi connectivity index (χ0) is 21.7. The van der Waals surface area contributed by atoms with Gasteiger partial charge >= 0.3 is 5.97 Å².